The van der Waals surface area contributed by atoms with Gasteiger partial charge >= 0.3 is 24.1 Å². The maximum absolute atomic E-state index is 12.0. The molecule has 2 fully saturated rings. The zero-order valence-corrected chi connectivity index (χ0v) is 17.3. The Kier molecular flexibility index (Phi) is 9.09. The molecular weight excluding hydrogens is 384 g/mol. The van der Waals surface area contributed by atoms with Crippen molar-refractivity contribution in [3.05, 3.63) is 12.2 Å². The number of hydrogen-bond acceptors (Lipinski definition) is 7. The summed E-state index contributed by atoms with van der Waals surface area (Å²) in [5.74, 6) is -1.50. The summed E-state index contributed by atoms with van der Waals surface area (Å²) in [7, 11) is 3.80. The second-order valence-electron chi connectivity index (χ2n) is 7.92. The molecule has 29 heavy (non-hydrogen) atoms. The van der Waals surface area contributed by atoms with Crippen molar-refractivity contribution in [3.8, 4) is 0 Å². The minimum absolute atomic E-state index is 0.273. The van der Waals surface area contributed by atoms with Gasteiger partial charge in [-0.3, -0.25) is 0 Å². The van der Waals surface area contributed by atoms with Crippen LogP contribution in [-0.4, -0.2) is 83.5 Å². The quantitative estimate of drug-likeness (QED) is 0.648. The normalized spacial score (nSPS) is 26.2. The molecule has 1 spiro atoms. The molecule has 1 heterocycles. The third kappa shape index (κ3) is 8.51. The molecule has 0 radical (unpaired) electrons. The Bertz CT molecular complexity index is 620. The van der Waals surface area contributed by atoms with E-state index in [4.69, 9.17) is 19.7 Å². The van der Waals surface area contributed by atoms with Crippen LogP contribution in [0.5, 0.6) is 0 Å². The predicted molar refractivity (Wildman–Crippen MR) is 102 cm³/mol. The first-order valence-electron chi connectivity index (χ1n) is 9.40. The number of amides is 2. The molecule has 1 aliphatic heterocycles. The Balaban J connectivity index is 0.000000447. The molecule has 3 atom stereocenters. The van der Waals surface area contributed by atoms with E-state index in [1.807, 2.05) is 19.0 Å². The monoisotopic (exact) mass is 414 g/mol. The number of nitrogens with zero attached hydrogens (tertiary/aromatic N) is 2. The zero-order valence-electron chi connectivity index (χ0n) is 17.3. The fourth-order valence-electron chi connectivity index (χ4n) is 3.72. The van der Waals surface area contributed by atoms with Crippen LogP contribution in [-0.2, 0) is 19.1 Å². The SMILES string of the molecule is C[C@@H]1C[C@H](C)CC2(C1)CN(C(=O)OCCN(C)C)C(=O)O2.O=C(O)/C=C/C(=O)O. The number of rotatable bonds is 5. The molecule has 0 aromatic carbocycles. The third-order valence-electron chi connectivity index (χ3n) is 4.57. The molecular formula is C19H30N2O8. The smallest absolute Gasteiger partial charge is 0.420 e. The van der Waals surface area contributed by atoms with Gasteiger partial charge in [-0.15, -0.1) is 0 Å². The molecule has 1 aliphatic carbocycles. The highest BCUT2D eigenvalue weighted by atomic mass is 16.6. The standard InChI is InChI=1S/C15H26N2O4.C4H4O4/c1-11-7-12(2)9-15(8-11)10-17(14(19)21-15)13(18)20-6-5-16(3)4;5-3(6)1-2-4(7)8/h11-12H,5-10H2,1-4H3;1-2H,(H,5,6)(H,7,8)/b;2-1+/t11-,12+,15?;. The van der Waals surface area contributed by atoms with Crippen LogP contribution in [0.1, 0.15) is 33.1 Å². The fraction of sp³-hybridized carbons (Fsp3) is 0.684. The van der Waals surface area contributed by atoms with Gasteiger partial charge in [0.25, 0.3) is 0 Å². The summed E-state index contributed by atoms with van der Waals surface area (Å²) in [4.78, 5) is 46.1. The molecule has 1 saturated carbocycles. The third-order valence-corrected chi connectivity index (χ3v) is 4.57. The summed E-state index contributed by atoms with van der Waals surface area (Å²) in [6.07, 6.45) is 2.75. The molecule has 0 aromatic heterocycles. The largest absolute Gasteiger partial charge is 0.478 e. The van der Waals surface area contributed by atoms with E-state index in [0.29, 0.717) is 37.1 Å². The number of aliphatic carboxylic acids is 2. The van der Waals surface area contributed by atoms with Crippen molar-refractivity contribution in [2.24, 2.45) is 11.8 Å². The van der Waals surface area contributed by atoms with Crippen molar-refractivity contribution >= 4 is 24.1 Å². The molecule has 1 saturated heterocycles. The van der Waals surface area contributed by atoms with Gasteiger partial charge in [0.15, 0.2) is 0 Å². The van der Waals surface area contributed by atoms with Crippen LogP contribution in [0.15, 0.2) is 12.2 Å². The van der Waals surface area contributed by atoms with Crippen LogP contribution >= 0.6 is 0 Å². The van der Waals surface area contributed by atoms with Gasteiger partial charge < -0.3 is 24.6 Å². The molecule has 10 heteroatoms. The summed E-state index contributed by atoms with van der Waals surface area (Å²) in [5.41, 5.74) is -0.505. The number of carboxylic acids is 2. The lowest BCUT2D eigenvalue weighted by molar-refractivity contribution is -0.134. The second-order valence-corrected chi connectivity index (χ2v) is 7.92. The Morgan fingerprint density at radius 3 is 2.14 bits per heavy atom. The first-order chi connectivity index (χ1) is 13.4. The first kappa shape index (κ1) is 24.4. The average molecular weight is 414 g/mol. The minimum Gasteiger partial charge on any atom is -0.478 e. The Hall–Kier alpha value is -2.62. The molecule has 164 valence electrons. The van der Waals surface area contributed by atoms with Gasteiger partial charge in [-0.2, -0.15) is 0 Å². The van der Waals surface area contributed by atoms with Gasteiger partial charge in [-0.05, 0) is 45.2 Å². The minimum atomic E-state index is -1.26. The van der Waals surface area contributed by atoms with Crippen LogP contribution in [0.2, 0.25) is 0 Å². The highest BCUT2D eigenvalue weighted by Crippen LogP contribution is 2.42. The number of hydrogen-bond donors (Lipinski definition) is 2. The zero-order chi connectivity index (χ0) is 22.2. The molecule has 2 amide bonds. The molecule has 2 N–H and O–H groups in total. The number of carboxylic acid groups (broad SMARTS) is 2. The van der Waals surface area contributed by atoms with Crippen molar-refractivity contribution in [2.45, 2.75) is 38.7 Å². The molecule has 0 aromatic rings. The van der Waals surface area contributed by atoms with Gasteiger partial charge in [0.05, 0.1) is 6.54 Å². The molecule has 10 nitrogen and oxygen atoms in total. The lowest BCUT2D eigenvalue weighted by atomic mass is 9.74. The van der Waals surface area contributed by atoms with Crippen LogP contribution in [0, 0.1) is 11.8 Å². The van der Waals surface area contributed by atoms with Crippen LogP contribution in [0.3, 0.4) is 0 Å². The maximum Gasteiger partial charge on any atom is 0.420 e. The van der Waals surface area contributed by atoms with Crippen molar-refractivity contribution in [3.63, 3.8) is 0 Å². The van der Waals surface area contributed by atoms with Gasteiger partial charge in [0.2, 0.25) is 0 Å². The van der Waals surface area contributed by atoms with E-state index in [0.717, 1.165) is 24.2 Å². The Morgan fingerprint density at radius 1 is 1.17 bits per heavy atom. The van der Waals surface area contributed by atoms with E-state index in [2.05, 4.69) is 13.8 Å². The maximum atomic E-state index is 12.0. The van der Waals surface area contributed by atoms with Crippen molar-refractivity contribution in [1.29, 1.82) is 0 Å². The van der Waals surface area contributed by atoms with Gasteiger partial charge in [0.1, 0.15) is 12.2 Å². The van der Waals surface area contributed by atoms with Crippen LogP contribution in [0.25, 0.3) is 0 Å². The lowest BCUT2D eigenvalue weighted by Gasteiger charge is -2.37. The highest BCUT2D eigenvalue weighted by Gasteiger charge is 2.51. The highest BCUT2D eigenvalue weighted by molar-refractivity contribution is 5.90. The van der Waals surface area contributed by atoms with Gasteiger partial charge in [0, 0.05) is 18.7 Å². The van der Waals surface area contributed by atoms with Crippen LogP contribution < -0.4 is 0 Å². The summed E-state index contributed by atoms with van der Waals surface area (Å²) in [6, 6.07) is 0. The summed E-state index contributed by atoms with van der Waals surface area (Å²) < 4.78 is 10.7. The van der Waals surface area contributed by atoms with Gasteiger partial charge in [-0.1, -0.05) is 13.8 Å². The second kappa shape index (κ2) is 10.8. The van der Waals surface area contributed by atoms with E-state index in [-0.39, 0.29) is 6.61 Å². The first-order valence-corrected chi connectivity index (χ1v) is 9.40. The fourth-order valence-corrected chi connectivity index (χ4v) is 3.72. The van der Waals surface area contributed by atoms with E-state index in [1.165, 1.54) is 0 Å². The number of carbonyl (C=O) groups is 4. The number of imide groups is 1. The average Bonchev–Trinajstić information content (AvgIpc) is 2.87. The summed E-state index contributed by atoms with van der Waals surface area (Å²) in [6.45, 7) is 5.57. The van der Waals surface area contributed by atoms with Crippen LogP contribution in [0.4, 0.5) is 9.59 Å². The Labute approximate surface area is 170 Å². The molecule has 2 rings (SSSR count). The predicted octanol–water partition coefficient (Wildman–Crippen LogP) is 2.04. The van der Waals surface area contributed by atoms with E-state index < -0.39 is 29.7 Å². The number of ether oxygens (including phenoxy) is 2. The summed E-state index contributed by atoms with van der Waals surface area (Å²) in [5, 5.41) is 15.6. The molecule has 1 unspecified atom stereocenters. The van der Waals surface area contributed by atoms with Crippen molar-refractivity contribution < 1.29 is 38.9 Å². The molecule has 2 aliphatic rings. The van der Waals surface area contributed by atoms with Crippen molar-refractivity contribution in [1.82, 2.24) is 9.80 Å². The van der Waals surface area contributed by atoms with Gasteiger partial charge in [-0.25, -0.2) is 24.1 Å². The topological polar surface area (TPSA) is 134 Å². The Morgan fingerprint density at radius 2 is 1.69 bits per heavy atom. The number of likely N-dealkylation sites (N-methyl/N-ethyl adjacent to an activating group) is 1. The van der Waals surface area contributed by atoms with E-state index in [9.17, 15) is 19.2 Å². The van der Waals surface area contributed by atoms with E-state index in [1.54, 1.807) is 0 Å². The lowest BCUT2D eigenvalue weighted by Crippen LogP contribution is -2.43. The molecule has 0 bridgehead atoms. The summed E-state index contributed by atoms with van der Waals surface area (Å²) >= 11 is 0. The van der Waals surface area contributed by atoms with E-state index >= 15 is 0 Å². The number of carbonyl (C=O) groups excluding carboxylic acids is 2. The van der Waals surface area contributed by atoms with Crippen molar-refractivity contribution in [2.75, 3.05) is 33.8 Å².